The van der Waals surface area contributed by atoms with Crippen LogP contribution in [0, 0.1) is 18.6 Å². The Bertz CT molecular complexity index is 1390. The molecule has 3 aromatic rings. The lowest BCUT2D eigenvalue weighted by molar-refractivity contribution is -0.121. The minimum Gasteiger partial charge on any atom is -0.326 e. The molecule has 2 aliphatic heterocycles. The number of anilines is 1. The molecule has 2 amide bonds. The van der Waals surface area contributed by atoms with Gasteiger partial charge in [0.25, 0.3) is 5.91 Å². The average Bonchev–Trinajstić information content (AvgIpc) is 3.44. The van der Waals surface area contributed by atoms with Gasteiger partial charge in [0.15, 0.2) is 5.17 Å². The Morgan fingerprint density at radius 1 is 1.06 bits per heavy atom. The van der Waals surface area contributed by atoms with Gasteiger partial charge in [-0.1, -0.05) is 59.8 Å². The Labute approximate surface area is 211 Å². The number of nitrogens with one attached hydrogen (secondary N) is 1. The second-order valence-electron chi connectivity index (χ2n) is 8.63. The number of amides is 2. The van der Waals surface area contributed by atoms with E-state index in [9.17, 15) is 18.4 Å². The van der Waals surface area contributed by atoms with Crippen LogP contribution in [-0.2, 0) is 9.59 Å². The number of amidine groups is 1. The van der Waals surface area contributed by atoms with Crippen molar-refractivity contribution in [1.82, 2.24) is 5.01 Å². The van der Waals surface area contributed by atoms with E-state index in [1.165, 1.54) is 30.3 Å². The standard InChI is InChI=1S/C27H22F2N4O2S/c1-16-8-10-17(11-9-16)22-14-23(18-4-2-5-19(28)12-18)33(32-22)27-31-26(35)24(36-27)15-25(34)30-21-7-3-6-20(29)13-21/h2-13,23-24H,14-15H2,1H3,(H,30,34)/t23-,24-/m0/s1. The van der Waals surface area contributed by atoms with E-state index in [1.54, 1.807) is 17.1 Å². The molecular formula is C27H22F2N4O2S. The lowest BCUT2D eigenvalue weighted by Gasteiger charge is -2.23. The molecule has 3 aromatic carbocycles. The molecule has 2 heterocycles. The van der Waals surface area contributed by atoms with Crippen LogP contribution in [0.3, 0.4) is 0 Å². The van der Waals surface area contributed by atoms with Gasteiger partial charge in [-0.2, -0.15) is 10.1 Å². The van der Waals surface area contributed by atoms with Crippen LogP contribution < -0.4 is 5.32 Å². The van der Waals surface area contributed by atoms with Gasteiger partial charge in [0.05, 0.1) is 11.8 Å². The van der Waals surface area contributed by atoms with E-state index in [0.29, 0.717) is 22.8 Å². The molecule has 0 bridgehead atoms. The summed E-state index contributed by atoms with van der Waals surface area (Å²) in [6, 6.07) is 19.4. The summed E-state index contributed by atoms with van der Waals surface area (Å²) in [6.45, 7) is 2.00. The summed E-state index contributed by atoms with van der Waals surface area (Å²) >= 11 is 1.15. The Morgan fingerprint density at radius 2 is 1.78 bits per heavy atom. The summed E-state index contributed by atoms with van der Waals surface area (Å²) < 4.78 is 27.5. The van der Waals surface area contributed by atoms with Gasteiger partial charge in [0.2, 0.25) is 5.91 Å². The summed E-state index contributed by atoms with van der Waals surface area (Å²) in [5.74, 6) is -1.69. The monoisotopic (exact) mass is 504 g/mol. The van der Waals surface area contributed by atoms with Gasteiger partial charge in [0.1, 0.15) is 16.9 Å². The van der Waals surface area contributed by atoms with Crippen molar-refractivity contribution in [2.45, 2.75) is 31.1 Å². The van der Waals surface area contributed by atoms with Gasteiger partial charge in [-0.3, -0.25) is 9.59 Å². The SMILES string of the molecule is Cc1ccc(C2=NN(C3=NC(=O)[C@H](CC(=O)Nc4cccc(F)c4)S3)[C@H](c3cccc(F)c3)C2)cc1. The van der Waals surface area contributed by atoms with Crippen molar-refractivity contribution in [3.05, 3.63) is 101 Å². The van der Waals surface area contributed by atoms with Crippen LogP contribution >= 0.6 is 11.8 Å². The maximum Gasteiger partial charge on any atom is 0.262 e. The second kappa shape index (κ2) is 10.0. The van der Waals surface area contributed by atoms with Crippen LogP contribution in [0.15, 0.2) is 82.9 Å². The summed E-state index contributed by atoms with van der Waals surface area (Å²) in [6.07, 6.45) is 0.380. The number of benzene rings is 3. The largest absolute Gasteiger partial charge is 0.326 e. The predicted molar refractivity (Wildman–Crippen MR) is 137 cm³/mol. The number of halogens is 2. The zero-order valence-electron chi connectivity index (χ0n) is 19.3. The fourth-order valence-electron chi connectivity index (χ4n) is 4.13. The Balaban J connectivity index is 1.36. The summed E-state index contributed by atoms with van der Waals surface area (Å²) in [5, 5.41) is 8.65. The smallest absolute Gasteiger partial charge is 0.262 e. The molecular weight excluding hydrogens is 482 g/mol. The van der Waals surface area contributed by atoms with E-state index in [1.807, 2.05) is 37.3 Å². The van der Waals surface area contributed by atoms with E-state index in [4.69, 9.17) is 5.10 Å². The van der Waals surface area contributed by atoms with Gasteiger partial charge in [-0.05, 0) is 48.4 Å². The van der Waals surface area contributed by atoms with E-state index < -0.39 is 22.9 Å². The molecule has 0 radical (unpaired) electrons. The molecule has 5 rings (SSSR count). The molecule has 6 nitrogen and oxygen atoms in total. The third-order valence-electron chi connectivity index (χ3n) is 5.93. The van der Waals surface area contributed by atoms with Crippen LogP contribution in [0.1, 0.15) is 35.6 Å². The van der Waals surface area contributed by atoms with Crippen molar-refractivity contribution in [2.75, 3.05) is 5.32 Å². The summed E-state index contributed by atoms with van der Waals surface area (Å²) in [7, 11) is 0. The number of carbonyl (C=O) groups is 2. The number of aliphatic imine (C=N–C) groups is 1. The molecule has 0 aromatic heterocycles. The van der Waals surface area contributed by atoms with Crippen molar-refractivity contribution in [3.8, 4) is 0 Å². The van der Waals surface area contributed by atoms with Crippen molar-refractivity contribution in [2.24, 2.45) is 10.1 Å². The Hall–Kier alpha value is -3.85. The minimum atomic E-state index is -0.736. The number of hydrazone groups is 1. The number of thioether (sulfide) groups is 1. The molecule has 36 heavy (non-hydrogen) atoms. The summed E-state index contributed by atoms with van der Waals surface area (Å²) in [4.78, 5) is 29.4. The van der Waals surface area contributed by atoms with Crippen LogP contribution in [0.5, 0.6) is 0 Å². The van der Waals surface area contributed by atoms with Gasteiger partial charge >= 0.3 is 0 Å². The number of hydrogen-bond acceptors (Lipinski definition) is 5. The molecule has 182 valence electrons. The maximum absolute atomic E-state index is 14.0. The molecule has 2 aliphatic rings. The molecule has 0 fully saturated rings. The van der Waals surface area contributed by atoms with Crippen LogP contribution in [0.2, 0.25) is 0 Å². The number of aryl methyl sites for hydroxylation is 1. The van der Waals surface area contributed by atoms with E-state index in [2.05, 4.69) is 10.3 Å². The number of hydrogen-bond donors (Lipinski definition) is 1. The first-order chi connectivity index (χ1) is 17.4. The van der Waals surface area contributed by atoms with E-state index in [-0.39, 0.29) is 18.3 Å². The van der Waals surface area contributed by atoms with Gasteiger partial charge in [-0.25, -0.2) is 13.8 Å². The average molecular weight is 505 g/mol. The molecule has 1 N–H and O–H groups in total. The van der Waals surface area contributed by atoms with Crippen LogP contribution in [-0.4, -0.2) is 33.0 Å². The number of nitrogens with zero attached hydrogens (tertiary/aromatic N) is 3. The highest BCUT2D eigenvalue weighted by Crippen LogP contribution is 2.38. The summed E-state index contributed by atoms with van der Waals surface area (Å²) in [5.41, 5.74) is 3.88. The molecule has 9 heteroatoms. The highest BCUT2D eigenvalue weighted by Gasteiger charge is 2.39. The highest BCUT2D eigenvalue weighted by atomic mass is 32.2. The van der Waals surface area contributed by atoms with Crippen molar-refractivity contribution < 1.29 is 18.4 Å². The lowest BCUT2D eigenvalue weighted by atomic mass is 9.98. The molecule has 0 saturated heterocycles. The first-order valence-corrected chi connectivity index (χ1v) is 12.3. The Morgan fingerprint density at radius 3 is 2.50 bits per heavy atom. The second-order valence-corrected chi connectivity index (χ2v) is 9.80. The highest BCUT2D eigenvalue weighted by molar-refractivity contribution is 8.15. The third kappa shape index (κ3) is 5.21. The van der Waals surface area contributed by atoms with E-state index in [0.717, 1.165) is 28.6 Å². The molecule has 0 aliphatic carbocycles. The van der Waals surface area contributed by atoms with Gasteiger partial charge < -0.3 is 5.32 Å². The Kier molecular flexibility index (Phi) is 6.65. The minimum absolute atomic E-state index is 0.125. The molecule has 0 saturated carbocycles. The maximum atomic E-state index is 14.0. The fourth-order valence-corrected chi connectivity index (χ4v) is 5.19. The first kappa shape index (κ1) is 23.9. The zero-order chi connectivity index (χ0) is 25.2. The van der Waals surface area contributed by atoms with Crippen molar-refractivity contribution in [3.63, 3.8) is 0 Å². The fraction of sp³-hybridized carbons (Fsp3) is 0.185. The quantitative estimate of drug-likeness (QED) is 0.501. The lowest BCUT2D eigenvalue weighted by Crippen LogP contribution is -2.25. The number of rotatable bonds is 5. The molecule has 2 atom stereocenters. The third-order valence-corrected chi connectivity index (χ3v) is 7.07. The first-order valence-electron chi connectivity index (χ1n) is 11.4. The van der Waals surface area contributed by atoms with Gasteiger partial charge in [0, 0.05) is 18.5 Å². The van der Waals surface area contributed by atoms with Crippen molar-refractivity contribution in [1.29, 1.82) is 0 Å². The number of carbonyl (C=O) groups excluding carboxylic acids is 2. The normalized spacial score (nSPS) is 19.3. The molecule has 0 unspecified atom stereocenters. The predicted octanol–water partition coefficient (Wildman–Crippen LogP) is 5.45. The topological polar surface area (TPSA) is 74.1 Å². The zero-order valence-corrected chi connectivity index (χ0v) is 20.1. The molecule has 0 spiro atoms. The van der Waals surface area contributed by atoms with Crippen molar-refractivity contribution >= 4 is 40.1 Å². The van der Waals surface area contributed by atoms with E-state index >= 15 is 0 Å². The van der Waals surface area contributed by atoms with Crippen LogP contribution in [0.4, 0.5) is 14.5 Å². The van der Waals surface area contributed by atoms with Crippen LogP contribution in [0.25, 0.3) is 0 Å². The van der Waals surface area contributed by atoms with Gasteiger partial charge in [-0.15, -0.1) is 0 Å².